The fourth-order valence-corrected chi connectivity index (χ4v) is 2.87. The Labute approximate surface area is 97.0 Å². The first-order valence-corrected chi connectivity index (χ1v) is 6.89. The molecule has 1 rings (SSSR count). The maximum Gasteiger partial charge on any atom is 0.180 e. The van der Waals surface area contributed by atoms with Crippen LogP contribution >= 0.6 is 0 Å². The SMILES string of the molecule is CC(CO)c1ccccc1S(=O)(=O)C(C)C. The summed E-state index contributed by atoms with van der Waals surface area (Å²) in [7, 11) is -3.27. The van der Waals surface area contributed by atoms with Gasteiger partial charge in [0.2, 0.25) is 0 Å². The second kappa shape index (κ2) is 4.97. The Balaban J connectivity index is 3.35. The van der Waals surface area contributed by atoms with Gasteiger partial charge in [-0.1, -0.05) is 25.1 Å². The highest BCUT2D eigenvalue weighted by molar-refractivity contribution is 7.92. The molecule has 0 saturated heterocycles. The van der Waals surface area contributed by atoms with Crippen molar-refractivity contribution in [1.82, 2.24) is 0 Å². The molecule has 0 aromatic heterocycles. The van der Waals surface area contributed by atoms with Crippen LogP contribution in [0, 0.1) is 0 Å². The van der Waals surface area contributed by atoms with Crippen LogP contribution in [-0.4, -0.2) is 25.4 Å². The van der Waals surface area contributed by atoms with Gasteiger partial charge in [-0.2, -0.15) is 0 Å². The zero-order valence-corrected chi connectivity index (χ0v) is 10.7. The zero-order valence-electron chi connectivity index (χ0n) is 9.84. The maximum atomic E-state index is 12.1. The van der Waals surface area contributed by atoms with Crippen molar-refractivity contribution in [3.63, 3.8) is 0 Å². The van der Waals surface area contributed by atoms with Crippen LogP contribution in [0.1, 0.15) is 32.3 Å². The first kappa shape index (κ1) is 13.2. The normalized spacial score (nSPS) is 14.1. The molecule has 1 N–H and O–H groups in total. The molecule has 0 heterocycles. The second-order valence-corrected chi connectivity index (χ2v) is 6.69. The standard InChI is InChI=1S/C12H18O3S/c1-9(2)16(14,15)12-7-5-4-6-11(12)10(3)8-13/h4-7,9-10,13H,8H2,1-3H3. The van der Waals surface area contributed by atoms with Crippen molar-refractivity contribution in [1.29, 1.82) is 0 Å². The first-order chi connectivity index (χ1) is 7.41. The maximum absolute atomic E-state index is 12.1. The predicted octanol–water partition coefficient (Wildman–Crippen LogP) is 1.96. The van der Waals surface area contributed by atoms with Gasteiger partial charge in [0.15, 0.2) is 9.84 Å². The minimum Gasteiger partial charge on any atom is -0.396 e. The Morgan fingerprint density at radius 2 is 1.75 bits per heavy atom. The molecular weight excluding hydrogens is 224 g/mol. The third kappa shape index (κ3) is 2.44. The molecule has 0 aliphatic rings. The molecule has 0 amide bonds. The van der Waals surface area contributed by atoms with Gasteiger partial charge in [-0.25, -0.2) is 8.42 Å². The highest BCUT2D eigenvalue weighted by Gasteiger charge is 2.23. The Morgan fingerprint density at radius 1 is 1.19 bits per heavy atom. The van der Waals surface area contributed by atoms with Crippen molar-refractivity contribution in [2.45, 2.75) is 36.8 Å². The number of rotatable bonds is 4. The fourth-order valence-electron chi connectivity index (χ4n) is 1.50. The molecule has 1 atom stereocenters. The number of hydrogen-bond acceptors (Lipinski definition) is 3. The summed E-state index contributed by atoms with van der Waals surface area (Å²) in [4.78, 5) is 0.339. The van der Waals surface area contributed by atoms with Crippen LogP contribution in [0.5, 0.6) is 0 Å². The summed E-state index contributed by atoms with van der Waals surface area (Å²) in [6, 6.07) is 6.87. The van der Waals surface area contributed by atoms with Crippen molar-refractivity contribution in [3.8, 4) is 0 Å². The van der Waals surface area contributed by atoms with Crippen LogP contribution in [0.4, 0.5) is 0 Å². The lowest BCUT2D eigenvalue weighted by Gasteiger charge is -2.16. The summed E-state index contributed by atoms with van der Waals surface area (Å²) >= 11 is 0. The van der Waals surface area contributed by atoms with Gasteiger partial charge < -0.3 is 5.11 Å². The van der Waals surface area contributed by atoms with E-state index in [0.717, 1.165) is 0 Å². The molecule has 0 bridgehead atoms. The van der Waals surface area contributed by atoms with Crippen molar-refractivity contribution >= 4 is 9.84 Å². The third-order valence-electron chi connectivity index (χ3n) is 2.65. The molecule has 0 fully saturated rings. The topological polar surface area (TPSA) is 54.4 Å². The average molecular weight is 242 g/mol. The van der Waals surface area contributed by atoms with Crippen LogP contribution in [-0.2, 0) is 9.84 Å². The number of aliphatic hydroxyl groups excluding tert-OH is 1. The molecule has 16 heavy (non-hydrogen) atoms. The molecule has 4 heteroatoms. The lowest BCUT2D eigenvalue weighted by atomic mass is 10.0. The van der Waals surface area contributed by atoms with Gasteiger partial charge in [-0.3, -0.25) is 0 Å². The van der Waals surface area contributed by atoms with Gasteiger partial charge in [0.05, 0.1) is 10.1 Å². The lowest BCUT2D eigenvalue weighted by molar-refractivity contribution is 0.272. The summed E-state index contributed by atoms with van der Waals surface area (Å²) in [5.74, 6) is -0.162. The average Bonchev–Trinajstić information content (AvgIpc) is 2.27. The minimum atomic E-state index is -3.27. The first-order valence-electron chi connectivity index (χ1n) is 5.35. The summed E-state index contributed by atoms with van der Waals surface area (Å²) < 4.78 is 24.2. The van der Waals surface area contributed by atoms with E-state index in [1.165, 1.54) is 0 Å². The summed E-state index contributed by atoms with van der Waals surface area (Å²) in [5.41, 5.74) is 0.693. The monoisotopic (exact) mass is 242 g/mol. The number of sulfone groups is 1. The highest BCUT2D eigenvalue weighted by Crippen LogP contribution is 2.26. The Hall–Kier alpha value is -0.870. The van der Waals surface area contributed by atoms with Crippen molar-refractivity contribution in [2.24, 2.45) is 0 Å². The predicted molar refractivity (Wildman–Crippen MR) is 64.3 cm³/mol. The summed E-state index contributed by atoms with van der Waals surface area (Å²) in [6.45, 7) is 5.09. The summed E-state index contributed by atoms with van der Waals surface area (Å²) in [5, 5.41) is 8.68. The van der Waals surface area contributed by atoms with E-state index in [1.54, 1.807) is 38.1 Å². The van der Waals surface area contributed by atoms with Crippen molar-refractivity contribution < 1.29 is 13.5 Å². The van der Waals surface area contributed by atoms with Gasteiger partial charge in [0, 0.05) is 12.5 Å². The fraction of sp³-hybridized carbons (Fsp3) is 0.500. The molecule has 0 aliphatic carbocycles. The lowest BCUT2D eigenvalue weighted by Crippen LogP contribution is -2.17. The van der Waals surface area contributed by atoms with E-state index in [2.05, 4.69) is 0 Å². The largest absolute Gasteiger partial charge is 0.396 e. The molecule has 0 spiro atoms. The molecule has 0 radical (unpaired) electrons. The van der Waals surface area contributed by atoms with E-state index in [9.17, 15) is 8.42 Å². The molecule has 1 unspecified atom stereocenters. The van der Waals surface area contributed by atoms with Crippen molar-refractivity contribution in [2.75, 3.05) is 6.61 Å². The smallest absolute Gasteiger partial charge is 0.180 e. The summed E-state index contributed by atoms with van der Waals surface area (Å²) in [6.07, 6.45) is 0. The molecule has 90 valence electrons. The molecule has 0 saturated carbocycles. The van der Waals surface area contributed by atoms with Crippen LogP contribution < -0.4 is 0 Å². The Bertz CT molecular complexity index is 449. The molecule has 0 aliphatic heterocycles. The highest BCUT2D eigenvalue weighted by atomic mass is 32.2. The number of benzene rings is 1. The van der Waals surface area contributed by atoms with Crippen LogP contribution in [0.15, 0.2) is 29.2 Å². The van der Waals surface area contributed by atoms with E-state index in [1.807, 2.05) is 6.92 Å². The number of hydrogen-bond donors (Lipinski definition) is 1. The second-order valence-electron chi connectivity index (χ2n) is 4.22. The van der Waals surface area contributed by atoms with E-state index in [0.29, 0.717) is 10.5 Å². The van der Waals surface area contributed by atoms with Crippen molar-refractivity contribution in [3.05, 3.63) is 29.8 Å². The van der Waals surface area contributed by atoms with Crippen LogP contribution in [0.3, 0.4) is 0 Å². The van der Waals surface area contributed by atoms with Crippen LogP contribution in [0.25, 0.3) is 0 Å². The Kier molecular flexibility index (Phi) is 4.10. The quantitative estimate of drug-likeness (QED) is 0.878. The van der Waals surface area contributed by atoms with Gasteiger partial charge in [0.25, 0.3) is 0 Å². The van der Waals surface area contributed by atoms with Gasteiger partial charge in [0.1, 0.15) is 0 Å². The van der Waals surface area contributed by atoms with Gasteiger partial charge in [-0.15, -0.1) is 0 Å². The zero-order chi connectivity index (χ0) is 12.3. The molecular formula is C12H18O3S. The van der Waals surface area contributed by atoms with Gasteiger partial charge in [-0.05, 0) is 25.5 Å². The van der Waals surface area contributed by atoms with E-state index in [-0.39, 0.29) is 12.5 Å². The minimum absolute atomic E-state index is 0.0510. The molecule has 1 aromatic carbocycles. The van der Waals surface area contributed by atoms with E-state index in [4.69, 9.17) is 5.11 Å². The van der Waals surface area contributed by atoms with E-state index >= 15 is 0 Å². The third-order valence-corrected chi connectivity index (χ3v) is 4.88. The van der Waals surface area contributed by atoms with Crippen LogP contribution in [0.2, 0.25) is 0 Å². The number of aliphatic hydroxyl groups is 1. The van der Waals surface area contributed by atoms with Gasteiger partial charge >= 0.3 is 0 Å². The molecule has 1 aromatic rings. The molecule has 3 nitrogen and oxygen atoms in total. The van der Waals surface area contributed by atoms with E-state index < -0.39 is 15.1 Å². The Morgan fingerprint density at radius 3 is 2.25 bits per heavy atom.